The maximum absolute atomic E-state index is 2.29. The summed E-state index contributed by atoms with van der Waals surface area (Å²) in [6, 6.07) is 4.59. The lowest BCUT2D eigenvalue weighted by atomic mass is 10.0. The van der Waals surface area contributed by atoms with Crippen molar-refractivity contribution in [1.82, 2.24) is 0 Å². The first-order valence-corrected chi connectivity index (χ1v) is 5.90. The van der Waals surface area contributed by atoms with E-state index < -0.39 is 0 Å². The fourth-order valence-corrected chi connectivity index (χ4v) is 2.89. The largest absolute Gasteiger partial charge is 0.0557 e. The van der Waals surface area contributed by atoms with Crippen molar-refractivity contribution in [3.63, 3.8) is 0 Å². The minimum Gasteiger partial charge on any atom is -0.0557 e. The minimum absolute atomic E-state index is 1.35. The van der Waals surface area contributed by atoms with Crippen LogP contribution >= 0.6 is 0 Å². The molecule has 0 unspecified atom stereocenters. The van der Waals surface area contributed by atoms with Crippen molar-refractivity contribution in [3.05, 3.63) is 45.5 Å². The van der Waals surface area contributed by atoms with Gasteiger partial charge in [-0.1, -0.05) is 17.7 Å². The molecule has 2 aliphatic carbocycles. The van der Waals surface area contributed by atoms with E-state index in [-0.39, 0.29) is 0 Å². The van der Waals surface area contributed by atoms with Crippen LogP contribution in [-0.4, -0.2) is 0 Å². The van der Waals surface area contributed by atoms with E-state index in [0.29, 0.717) is 0 Å². The highest BCUT2D eigenvalue weighted by Crippen LogP contribution is 2.39. The van der Waals surface area contributed by atoms with Crippen LogP contribution in [0.5, 0.6) is 0 Å². The zero-order valence-electron chi connectivity index (χ0n) is 11.2. The molecule has 0 heterocycles. The van der Waals surface area contributed by atoms with E-state index in [1.165, 1.54) is 44.5 Å². The fourth-order valence-electron chi connectivity index (χ4n) is 2.89. The maximum Gasteiger partial charge on any atom is -0.0117 e. The van der Waals surface area contributed by atoms with Crippen molar-refractivity contribution < 1.29 is 0 Å². The highest BCUT2D eigenvalue weighted by Gasteiger charge is 2.18. The highest BCUT2D eigenvalue weighted by atomic mass is 14.2. The van der Waals surface area contributed by atoms with Gasteiger partial charge in [-0.05, 0) is 80.5 Å². The van der Waals surface area contributed by atoms with E-state index >= 15 is 0 Å². The number of hydrogen-bond acceptors (Lipinski definition) is 0. The van der Waals surface area contributed by atoms with Crippen LogP contribution in [0, 0.1) is 41.5 Å². The quantitative estimate of drug-likeness (QED) is 0.596. The average Bonchev–Trinajstić information content (AvgIpc) is 2.36. The van der Waals surface area contributed by atoms with E-state index in [1.54, 1.807) is 0 Å². The summed E-state index contributed by atoms with van der Waals surface area (Å²) in [7, 11) is 0. The molecule has 0 saturated carbocycles. The van der Waals surface area contributed by atoms with E-state index in [0.717, 1.165) is 0 Å². The Morgan fingerprint density at radius 3 is 1.31 bits per heavy atom. The summed E-state index contributed by atoms with van der Waals surface area (Å²) in [6.45, 7) is 13.3. The number of fused-ring (bicyclic) bond motifs is 1. The molecule has 0 bridgehead atoms. The van der Waals surface area contributed by atoms with E-state index in [1.807, 2.05) is 0 Å². The second-order valence-corrected chi connectivity index (χ2v) is 5.02. The van der Waals surface area contributed by atoms with Crippen LogP contribution in [0.25, 0.3) is 11.1 Å². The van der Waals surface area contributed by atoms with Gasteiger partial charge in [-0.25, -0.2) is 0 Å². The average molecular weight is 212 g/mol. The molecule has 0 spiro atoms. The monoisotopic (exact) mass is 212 g/mol. The van der Waals surface area contributed by atoms with Crippen LogP contribution in [0.3, 0.4) is 0 Å². The summed E-state index contributed by atoms with van der Waals surface area (Å²) in [6.07, 6.45) is 0. The van der Waals surface area contributed by atoms with Crippen molar-refractivity contribution in [2.75, 3.05) is 0 Å². The lowest BCUT2D eigenvalue weighted by Gasteiger charge is -2.03. The van der Waals surface area contributed by atoms with Gasteiger partial charge < -0.3 is 0 Å². The zero-order valence-corrected chi connectivity index (χ0v) is 11.2. The molecule has 0 fully saturated rings. The Balaban J connectivity index is 3.00. The SMILES string of the molecule is Cc1cc(C)c2c(C)c(C)c(C)c-2c(C)c1. The Labute approximate surface area is 98.7 Å². The molecule has 0 aromatic carbocycles. The van der Waals surface area contributed by atoms with E-state index in [9.17, 15) is 0 Å². The second kappa shape index (κ2) is 3.62. The molecule has 0 heteroatoms. The topological polar surface area (TPSA) is 0 Å². The van der Waals surface area contributed by atoms with Crippen LogP contribution in [0.15, 0.2) is 12.1 Å². The summed E-state index contributed by atoms with van der Waals surface area (Å²) in [5, 5.41) is 0. The normalized spacial score (nSPS) is 11.1. The molecular weight excluding hydrogens is 192 g/mol. The second-order valence-electron chi connectivity index (χ2n) is 5.02. The molecule has 0 aromatic rings. The lowest BCUT2D eigenvalue weighted by molar-refractivity contribution is 1.33. The van der Waals surface area contributed by atoms with Gasteiger partial charge in [0.25, 0.3) is 0 Å². The Kier molecular flexibility index (Phi) is 2.53. The van der Waals surface area contributed by atoms with Gasteiger partial charge in [-0.15, -0.1) is 0 Å². The lowest BCUT2D eigenvalue weighted by Crippen LogP contribution is -1.81. The molecule has 0 nitrogen and oxygen atoms in total. The molecular formula is C16H20. The molecule has 2 aliphatic rings. The van der Waals surface area contributed by atoms with Crippen molar-refractivity contribution >= 4 is 0 Å². The first-order chi connectivity index (χ1) is 7.43. The van der Waals surface area contributed by atoms with Gasteiger partial charge in [0.2, 0.25) is 0 Å². The standard InChI is InChI=1S/C16H20/c1-9-7-10(2)15-13(5)12(4)14(6)16(15)11(3)8-9/h7-8H,1-6H3. The predicted molar refractivity (Wildman–Crippen MR) is 71.5 cm³/mol. The number of rotatable bonds is 0. The summed E-state index contributed by atoms with van der Waals surface area (Å²) in [5.41, 5.74) is 11.4. The van der Waals surface area contributed by atoms with Gasteiger partial charge in [0.05, 0.1) is 0 Å². The minimum atomic E-state index is 1.35. The van der Waals surface area contributed by atoms with E-state index in [4.69, 9.17) is 0 Å². The van der Waals surface area contributed by atoms with Crippen molar-refractivity contribution in [2.45, 2.75) is 41.5 Å². The molecule has 0 aromatic heterocycles. The third-order valence-electron chi connectivity index (χ3n) is 3.80. The van der Waals surface area contributed by atoms with Crippen molar-refractivity contribution in [2.24, 2.45) is 0 Å². The molecule has 0 amide bonds. The predicted octanol–water partition coefficient (Wildman–Crippen LogP) is 4.64. The molecule has 2 rings (SSSR count). The van der Waals surface area contributed by atoms with Crippen LogP contribution < -0.4 is 0 Å². The van der Waals surface area contributed by atoms with Crippen LogP contribution in [0.1, 0.15) is 33.4 Å². The van der Waals surface area contributed by atoms with Gasteiger partial charge >= 0.3 is 0 Å². The fraction of sp³-hybridized carbons (Fsp3) is 0.375. The van der Waals surface area contributed by atoms with Crippen molar-refractivity contribution in [3.8, 4) is 11.1 Å². The van der Waals surface area contributed by atoms with E-state index in [2.05, 4.69) is 53.7 Å². The molecule has 84 valence electrons. The maximum atomic E-state index is 2.29. The molecule has 0 radical (unpaired) electrons. The Morgan fingerprint density at radius 1 is 0.562 bits per heavy atom. The van der Waals surface area contributed by atoms with Crippen LogP contribution in [0.4, 0.5) is 0 Å². The summed E-state index contributed by atoms with van der Waals surface area (Å²) in [5.74, 6) is 0. The summed E-state index contributed by atoms with van der Waals surface area (Å²) < 4.78 is 0. The van der Waals surface area contributed by atoms with Gasteiger partial charge in [-0.3, -0.25) is 0 Å². The number of aryl methyl sites for hydroxylation is 3. The first-order valence-electron chi connectivity index (χ1n) is 5.90. The molecule has 0 saturated heterocycles. The smallest absolute Gasteiger partial charge is 0.0117 e. The van der Waals surface area contributed by atoms with Gasteiger partial charge in [0, 0.05) is 0 Å². The third kappa shape index (κ3) is 1.44. The van der Waals surface area contributed by atoms with Gasteiger partial charge in [0.15, 0.2) is 0 Å². The first kappa shape index (κ1) is 11.2. The Hall–Kier alpha value is -1.30. The highest BCUT2D eigenvalue weighted by molar-refractivity contribution is 5.82. The molecule has 16 heavy (non-hydrogen) atoms. The van der Waals surface area contributed by atoms with Crippen LogP contribution in [-0.2, 0) is 0 Å². The zero-order chi connectivity index (χ0) is 12.0. The Bertz CT molecular complexity index is 487. The summed E-state index contributed by atoms with van der Waals surface area (Å²) in [4.78, 5) is 0. The molecule has 0 atom stereocenters. The van der Waals surface area contributed by atoms with Crippen LogP contribution in [0.2, 0.25) is 0 Å². The number of hydrogen-bond donors (Lipinski definition) is 0. The Morgan fingerprint density at radius 2 is 0.938 bits per heavy atom. The molecule has 0 aliphatic heterocycles. The van der Waals surface area contributed by atoms with Crippen molar-refractivity contribution in [1.29, 1.82) is 0 Å². The summed E-state index contributed by atoms with van der Waals surface area (Å²) >= 11 is 0. The van der Waals surface area contributed by atoms with Gasteiger partial charge in [0.1, 0.15) is 0 Å². The van der Waals surface area contributed by atoms with Gasteiger partial charge in [-0.2, -0.15) is 0 Å². The molecule has 0 N–H and O–H groups in total. The third-order valence-corrected chi connectivity index (χ3v) is 3.80.